The van der Waals surface area contributed by atoms with Crippen LogP contribution < -0.4 is 0 Å². The second kappa shape index (κ2) is 10.8. The Kier molecular flexibility index (Phi) is 9.14. The lowest BCUT2D eigenvalue weighted by Gasteiger charge is -2.04. The predicted octanol–water partition coefficient (Wildman–Crippen LogP) is 6.10. The van der Waals surface area contributed by atoms with E-state index >= 15 is 0 Å². The number of rotatable bonds is 11. The first-order chi connectivity index (χ1) is 9.36. The van der Waals surface area contributed by atoms with Crippen LogP contribution in [0.2, 0.25) is 0 Å². The van der Waals surface area contributed by atoms with E-state index < -0.39 is 0 Å². The molecule has 0 aliphatic carbocycles. The van der Waals surface area contributed by atoms with Gasteiger partial charge in [0.15, 0.2) is 0 Å². The molecule has 0 bridgehead atoms. The van der Waals surface area contributed by atoms with Crippen molar-refractivity contribution in [1.29, 1.82) is 0 Å². The Morgan fingerprint density at radius 3 is 1.89 bits per heavy atom. The van der Waals surface area contributed by atoms with Crippen molar-refractivity contribution in [2.45, 2.75) is 71.1 Å². The highest BCUT2D eigenvalue weighted by Gasteiger charge is 1.96. The van der Waals surface area contributed by atoms with Gasteiger partial charge in [0, 0.05) is 0 Å². The van der Waals surface area contributed by atoms with Gasteiger partial charge in [0.25, 0.3) is 0 Å². The fourth-order valence-corrected chi connectivity index (χ4v) is 2.40. The zero-order valence-electron chi connectivity index (χ0n) is 12.7. The van der Waals surface area contributed by atoms with Crippen molar-refractivity contribution in [3.8, 4) is 0 Å². The number of hydrogen-bond donors (Lipinski definition) is 0. The minimum atomic E-state index is 1.18. The highest BCUT2D eigenvalue weighted by atomic mass is 14.0. The maximum atomic E-state index is 3.76. The van der Waals surface area contributed by atoms with Crippen LogP contribution in [0.1, 0.15) is 69.4 Å². The van der Waals surface area contributed by atoms with Crippen LogP contribution in [0.5, 0.6) is 0 Å². The Labute approximate surface area is 119 Å². The Morgan fingerprint density at radius 1 is 0.789 bits per heavy atom. The van der Waals surface area contributed by atoms with E-state index in [2.05, 4.69) is 37.8 Å². The molecule has 0 nitrogen and oxygen atoms in total. The summed E-state index contributed by atoms with van der Waals surface area (Å²) in [5.41, 5.74) is 3.00. The summed E-state index contributed by atoms with van der Waals surface area (Å²) in [6, 6.07) is 9.27. The largest absolute Gasteiger partial charge is 0.103 e. The molecule has 0 unspecified atom stereocenters. The molecule has 0 saturated heterocycles. The zero-order valence-corrected chi connectivity index (χ0v) is 12.7. The van der Waals surface area contributed by atoms with Gasteiger partial charge in [-0.25, -0.2) is 0 Å². The quantitative estimate of drug-likeness (QED) is 0.332. The van der Waals surface area contributed by atoms with Gasteiger partial charge >= 0.3 is 0 Å². The molecule has 0 aliphatic rings. The lowest BCUT2D eigenvalue weighted by atomic mass is 10.0. The van der Waals surface area contributed by atoms with Crippen LogP contribution in [-0.4, -0.2) is 0 Å². The number of hydrogen-bond acceptors (Lipinski definition) is 0. The van der Waals surface area contributed by atoms with Crippen LogP contribution in [0.15, 0.2) is 36.9 Å². The van der Waals surface area contributed by atoms with Crippen LogP contribution in [0.25, 0.3) is 0 Å². The summed E-state index contributed by atoms with van der Waals surface area (Å²) in [5.74, 6) is 0. The summed E-state index contributed by atoms with van der Waals surface area (Å²) in [5, 5.41) is 0. The van der Waals surface area contributed by atoms with E-state index in [1.165, 1.54) is 75.3 Å². The first-order valence-corrected chi connectivity index (χ1v) is 8.05. The molecule has 0 fully saturated rings. The van der Waals surface area contributed by atoms with Crippen molar-refractivity contribution in [3.63, 3.8) is 0 Å². The molecule has 0 saturated carbocycles. The number of aryl methyl sites for hydroxylation is 2. The van der Waals surface area contributed by atoms with Gasteiger partial charge in [-0.2, -0.15) is 0 Å². The Hall–Kier alpha value is -1.04. The minimum Gasteiger partial charge on any atom is -0.103 e. The van der Waals surface area contributed by atoms with Crippen LogP contribution in [0, 0.1) is 0 Å². The van der Waals surface area contributed by atoms with E-state index in [0.29, 0.717) is 0 Å². The average molecular weight is 258 g/mol. The maximum absolute atomic E-state index is 3.76. The normalized spacial score (nSPS) is 10.6. The van der Waals surface area contributed by atoms with Crippen LogP contribution in [0.4, 0.5) is 0 Å². The molecular weight excluding hydrogens is 228 g/mol. The van der Waals surface area contributed by atoms with Gasteiger partial charge in [-0.15, -0.1) is 6.58 Å². The summed E-state index contributed by atoms with van der Waals surface area (Å²) in [7, 11) is 0. The molecule has 1 aromatic rings. The lowest BCUT2D eigenvalue weighted by Crippen LogP contribution is -1.89. The third-order valence-electron chi connectivity index (χ3n) is 3.72. The van der Waals surface area contributed by atoms with Crippen molar-refractivity contribution in [2.24, 2.45) is 0 Å². The third-order valence-corrected chi connectivity index (χ3v) is 3.72. The molecule has 1 rings (SSSR count). The van der Waals surface area contributed by atoms with Crippen molar-refractivity contribution in [3.05, 3.63) is 48.0 Å². The first kappa shape index (κ1) is 16.0. The van der Waals surface area contributed by atoms with Gasteiger partial charge in [0.05, 0.1) is 0 Å². The molecule has 0 aliphatic heterocycles. The fourth-order valence-electron chi connectivity index (χ4n) is 2.40. The van der Waals surface area contributed by atoms with E-state index in [1.807, 2.05) is 6.08 Å². The smallest absolute Gasteiger partial charge is 0.0279 e. The van der Waals surface area contributed by atoms with Crippen molar-refractivity contribution in [1.82, 2.24) is 0 Å². The highest BCUT2D eigenvalue weighted by molar-refractivity contribution is 5.22. The average Bonchev–Trinajstić information content (AvgIpc) is 2.45. The SMILES string of the molecule is C=CCCCCCCCc1ccc(CCCC)cc1. The zero-order chi connectivity index (χ0) is 13.8. The molecule has 0 spiro atoms. The summed E-state index contributed by atoms with van der Waals surface area (Å²) in [4.78, 5) is 0. The van der Waals surface area contributed by atoms with E-state index in [1.54, 1.807) is 0 Å². The van der Waals surface area contributed by atoms with E-state index in [0.717, 1.165) is 0 Å². The van der Waals surface area contributed by atoms with E-state index in [4.69, 9.17) is 0 Å². The molecule has 0 amide bonds. The topological polar surface area (TPSA) is 0 Å². The van der Waals surface area contributed by atoms with Crippen molar-refractivity contribution in [2.75, 3.05) is 0 Å². The summed E-state index contributed by atoms with van der Waals surface area (Å²) in [6.07, 6.45) is 15.0. The molecular formula is C19H30. The van der Waals surface area contributed by atoms with E-state index in [9.17, 15) is 0 Å². The van der Waals surface area contributed by atoms with Gasteiger partial charge in [-0.1, -0.05) is 62.9 Å². The summed E-state index contributed by atoms with van der Waals surface area (Å²) < 4.78 is 0. The van der Waals surface area contributed by atoms with Crippen molar-refractivity contribution < 1.29 is 0 Å². The van der Waals surface area contributed by atoms with Crippen LogP contribution in [0.3, 0.4) is 0 Å². The second-order valence-electron chi connectivity index (χ2n) is 5.52. The molecule has 0 aromatic heterocycles. The van der Waals surface area contributed by atoms with E-state index in [-0.39, 0.29) is 0 Å². The minimum absolute atomic E-state index is 1.18. The molecule has 1 aromatic carbocycles. The molecule has 0 heterocycles. The van der Waals surface area contributed by atoms with Crippen LogP contribution >= 0.6 is 0 Å². The molecule has 0 radical (unpaired) electrons. The lowest BCUT2D eigenvalue weighted by molar-refractivity contribution is 0.618. The van der Waals surface area contributed by atoms with Crippen molar-refractivity contribution >= 4 is 0 Å². The van der Waals surface area contributed by atoms with Gasteiger partial charge < -0.3 is 0 Å². The standard InChI is InChI=1S/C19H30/c1-3-5-7-8-9-10-11-13-19-16-14-18(15-17-19)12-6-4-2/h3,14-17H,1,4-13H2,2H3. The van der Waals surface area contributed by atoms with Gasteiger partial charge in [0.2, 0.25) is 0 Å². The Balaban J connectivity index is 2.10. The van der Waals surface area contributed by atoms with Gasteiger partial charge in [-0.05, 0) is 49.7 Å². The van der Waals surface area contributed by atoms with Crippen LogP contribution in [-0.2, 0) is 12.8 Å². The summed E-state index contributed by atoms with van der Waals surface area (Å²) >= 11 is 0. The highest BCUT2D eigenvalue weighted by Crippen LogP contribution is 2.12. The third kappa shape index (κ3) is 7.87. The molecule has 19 heavy (non-hydrogen) atoms. The Bertz CT molecular complexity index is 320. The summed E-state index contributed by atoms with van der Waals surface area (Å²) in [6.45, 7) is 6.01. The first-order valence-electron chi connectivity index (χ1n) is 8.05. The number of unbranched alkanes of at least 4 members (excludes halogenated alkanes) is 6. The molecule has 0 N–H and O–H groups in total. The second-order valence-corrected chi connectivity index (χ2v) is 5.52. The van der Waals surface area contributed by atoms with Gasteiger partial charge in [-0.3, -0.25) is 0 Å². The number of allylic oxidation sites excluding steroid dienone is 1. The molecule has 0 atom stereocenters. The molecule has 106 valence electrons. The monoisotopic (exact) mass is 258 g/mol. The fraction of sp³-hybridized carbons (Fsp3) is 0.579. The Morgan fingerprint density at radius 2 is 1.32 bits per heavy atom. The molecule has 0 heteroatoms. The maximum Gasteiger partial charge on any atom is -0.0279 e. The number of benzene rings is 1. The van der Waals surface area contributed by atoms with Gasteiger partial charge in [0.1, 0.15) is 0 Å². The predicted molar refractivity (Wildman–Crippen MR) is 86.7 cm³/mol.